The van der Waals surface area contributed by atoms with Gasteiger partial charge >= 0.3 is 0 Å². The Morgan fingerprint density at radius 3 is 3.15 bits per heavy atom. The minimum Gasteiger partial charge on any atom is -0.364 e. The lowest BCUT2D eigenvalue weighted by Gasteiger charge is -2.17. The Morgan fingerprint density at radius 1 is 1.62 bits per heavy atom. The highest BCUT2D eigenvalue weighted by Crippen LogP contribution is 2.28. The molecule has 2 rings (SSSR count). The van der Waals surface area contributed by atoms with Gasteiger partial charge in [-0.05, 0) is 30.4 Å². The van der Waals surface area contributed by atoms with Gasteiger partial charge in [0.2, 0.25) is 0 Å². The molecular formula is C10H16N2O. The first-order valence-corrected chi connectivity index (χ1v) is 4.74. The summed E-state index contributed by atoms with van der Waals surface area (Å²) in [5.74, 6) is 0. The average molecular weight is 180 g/mol. The Bertz CT molecular complexity index is 293. The molecule has 0 spiro atoms. The van der Waals surface area contributed by atoms with E-state index in [-0.39, 0.29) is 6.04 Å². The van der Waals surface area contributed by atoms with Gasteiger partial charge in [-0.1, -0.05) is 0 Å². The quantitative estimate of drug-likeness (QED) is 0.748. The second-order valence-electron chi connectivity index (χ2n) is 3.67. The van der Waals surface area contributed by atoms with Gasteiger partial charge in [0.05, 0.1) is 0 Å². The third kappa shape index (κ3) is 1.62. The first-order chi connectivity index (χ1) is 6.31. The van der Waals surface area contributed by atoms with Crippen molar-refractivity contribution in [3.8, 4) is 0 Å². The fourth-order valence-electron chi connectivity index (χ4n) is 2.01. The summed E-state index contributed by atoms with van der Waals surface area (Å²) in [5, 5.41) is 0. The van der Waals surface area contributed by atoms with E-state index >= 15 is 0 Å². The molecule has 13 heavy (non-hydrogen) atoms. The van der Waals surface area contributed by atoms with E-state index in [1.54, 1.807) is 7.11 Å². The van der Waals surface area contributed by atoms with Gasteiger partial charge in [0, 0.05) is 25.5 Å². The van der Waals surface area contributed by atoms with Crippen molar-refractivity contribution < 1.29 is 4.74 Å². The van der Waals surface area contributed by atoms with Crippen LogP contribution in [0.1, 0.15) is 30.0 Å². The number of aryl methyl sites for hydroxylation is 1. The van der Waals surface area contributed by atoms with Crippen molar-refractivity contribution >= 4 is 0 Å². The van der Waals surface area contributed by atoms with Crippen LogP contribution in [-0.2, 0) is 17.9 Å². The van der Waals surface area contributed by atoms with Crippen LogP contribution < -0.4 is 5.73 Å². The van der Waals surface area contributed by atoms with Gasteiger partial charge in [0.25, 0.3) is 0 Å². The minimum absolute atomic E-state index is 0.238. The number of rotatable bonds is 2. The highest BCUT2D eigenvalue weighted by Gasteiger charge is 2.18. The van der Waals surface area contributed by atoms with Crippen molar-refractivity contribution in [1.29, 1.82) is 0 Å². The molecule has 3 nitrogen and oxygen atoms in total. The predicted molar refractivity (Wildman–Crippen MR) is 51.3 cm³/mol. The maximum Gasteiger partial charge on any atom is 0.121 e. The van der Waals surface area contributed by atoms with E-state index in [2.05, 4.69) is 17.0 Å². The van der Waals surface area contributed by atoms with Crippen LogP contribution in [0.15, 0.2) is 12.4 Å². The van der Waals surface area contributed by atoms with Gasteiger partial charge in [-0.15, -0.1) is 0 Å². The molecule has 1 atom stereocenters. The van der Waals surface area contributed by atoms with Crippen molar-refractivity contribution in [2.24, 2.45) is 5.73 Å². The lowest BCUT2D eigenvalue weighted by atomic mass is 9.92. The van der Waals surface area contributed by atoms with Gasteiger partial charge < -0.3 is 15.0 Å². The number of fused-ring (bicyclic) bond motifs is 1. The molecule has 0 radical (unpaired) electrons. The van der Waals surface area contributed by atoms with Crippen molar-refractivity contribution in [3.05, 3.63) is 23.5 Å². The highest BCUT2D eigenvalue weighted by molar-refractivity contribution is 5.29. The lowest BCUT2D eigenvalue weighted by Crippen LogP contribution is -2.15. The van der Waals surface area contributed by atoms with E-state index < -0.39 is 0 Å². The van der Waals surface area contributed by atoms with Crippen LogP contribution in [0.5, 0.6) is 0 Å². The molecule has 0 fully saturated rings. The monoisotopic (exact) mass is 180 g/mol. The molecule has 0 saturated heterocycles. The number of hydrogen-bond acceptors (Lipinski definition) is 2. The molecule has 1 aliphatic carbocycles. The number of methoxy groups -OCH3 is 1. The Balaban J connectivity index is 2.25. The molecule has 1 aromatic rings. The van der Waals surface area contributed by atoms with Gasteiger partial charge in [0.1, 0.15) is 6.73 Å². The maximum atomic E-state index is 6.00. The molecule has 1 heterocycles. The summed E-state index contributed by atoms with van der Waals surface area (Å²) < 4.78 is 7.13. The van der Waals surface area contributed by atoms with Crippen LogP contribution in [0.3, 0.4) is 0 Å². The second-order valence-corrected chi connectivity index (χ2v) is 3.67. The van der Waals surface area contributed by atoms with Crippen LogP contribution in [0.25, 0.3) is 0 Å². The third-order valence-corrected chi connectivity index (χ3v) is 2.64. The molecule has 0 aliphatic heterocycles. The van der Waals surface area contributed by atoms with Gasteiger partial charge in [0.15, 0.2) is 0 Å². The van der Waals surface area contributed by atoms with Crippen LogP contribution in [0, 0.1) is 0 Å². The zero-order valence-electron chi connectivity index (χ0n) is 7.99. The van der Waals surface area contributed by atoms with E-state index in [1.165, 1.54) is 24.0 Å². The molecule has 1 aromatic heterocycles. The zero-order valence-corrected chi connectivity index (χ0v) is 7.99. The smallest absolute Gasteiger partial charge is 0.121 e. The van der Waals surface area contributed by atoms with Crippen molar-refractivity contribution in [2.45, 2.75) is 32.0 Å². The molecule has 72 valence electrons. The van der Waals surface area contributed by atoms with Crippen LogP contribution >= 0.6 is 0 Å². The normalized spacial score (nSPS) is 21.5. The molecule has 0 saturated carbocycles. The summed E-state index contributed by atoms with van der Waals surface area (Å²) in [6.45, 7) is 0.625. The number of ether oxygens (including phenoxy) is 1. The third-order valence-electron chi connectivity index (χ3n) is 2.64. The number of nitrogens with zero attached hydrogens (tertiary/aromatic N) is 1. The van der Waals surface area contributed by atoms with Gasteiger partial charge in [-0.25, -0.2) is 0 Å². The first kappa shape index (κ1) is 8.78. The summed E-state index contributed by atoms with van der Waals surface area (Å²) in [6, 6.07) is 0.238. The summed E-state index contributed by atoms with van der Waals surface area (Å²) >= 11 is 0. The standard InChI is InChI=1S/C10H16N2O/c1-13-7-12-5-8-3-2-4-10(11)9(8)6-12/h5-6,10H,2-4,7,11H2,1H3. The van der Waals surface area contributed by atoms with E-state index in [0.717, 1.165) is 6.42 Å². The van der Waals surface area contributed by atoms with Gasteiger partial charge in [-0.3, -0.25) is 0 Å². The number of aromatic nitrogens is 1. The molecule has 1 unspecified atom stereocenters. The molecule has 3 heteroatoms. The molecule has 0 amide bonds. The summed E-state index contributed by atoms with van der Waals surface area (Å²) in [6.07, 6.45) is 7.76. The number of hydrogen-bond donors (Lipinski definition) is 1. The summed E-state index contributed by atoms with van der Waals surface area (Å²) in [4.78, 5) is 0. The predicted octanol–water partition coefficient (Wildman–Crippen LogP) is 1.43. The topological polar surface area (TPSA) is 40.2 Å². The summed E-state index contributed by atoms with van der Waals surface area (Å²) in [7, 11) is 1.71. The maximum absolute atomic E-state index is 6.00. The van der Waals surface area contributed by atoms with Crippen LogP contribution in [0.4, 0.5) is 0 Å². The van der Waals surface area contributed by atoms with E-state index in [1.807, 2.05) is 0 Å². The first-order valence-electron chi connectivity index (χ1n) is 4.74. The molecule has 2 N–H and O–H groups in total. The fourth-order valence-corrected chi connectivity index (χ4v) is 2.01. The van der Waals surface area contributed by atoms with Crippen LogP contribution in [-0.4, -0.2) is 11.7 Å². The van der Waals surface area contributed by atoms with Crippen molar-refractivity contribution in [2.75, 3.05) is 7.11 Å². The molecule has 0 aromatic carbocycles. The van der Waals surface area contributed by atoms with Crippen molar-refractivity contribution in [1.82, 2.24) is 4.57 Å². The van der Waals surface area contributed by atoms with Crippen molar-refractivity contribution in [3.63, 3.8) is 0 Å². The second kappa shape index (κ2) is 3.52. The molecule has 0 bridgehead atoms. The Morgan fingerprint density at radius 2 is 2.46 bits per heavy atom. The average Bonchev–Trinajstić information content (AvgIpc) is 2.49. The Kier molecular flexibility index (Phi) is 2.38. The highest BCUT2D eigenvalue weighted by atomic mass is 16.5. The summed E-state index contributed by atoms with van der Waals surface area (Å²) in [5.41, 5.74) is 8.71. The molecular weight excluding hydrogens is 164 g/mol. The van der Waals surface area contributed by atoms with Gasteiger partial charge in [-0.2, -0.15) is 0 Å². The van der Waals surface area contributed by atoms with E-state index in [0.29, 0.717) is 6.73 Å². The number of nitrogens with two attached hydrogens (primary N) is 1. The lowest BCUT2D eigenvalue weighted by molar-refractivity contribution is 0.131. The van der Waals surface area contributed by atoms with E-state index in [4.69, 9.17) is 10.5 Å². The Hall–Kier alpha value is -0.800. The Labute approximate surface area is 78.5 Å². The molecule has 1 aliphatic rings. The fraction of sp³-hybridized carbons (Fsp3) is 0.600. The largest absolute Gasteiger partial charge is 0.364 e. The minimum atomic E-state index is 0.238. The SMILES string of the molecule is COCn1cc2c(c1)C(N)CCC2. The zero-order chi connectivity index (χ0) is 9.26. The van der Waals surface area contributed by atoms with Crippen LogP contribution in [0.2, 0.25) is 0 Å². The van der Waals surface area contributed by atoms with E-state index in [9.17, 15) is 0 Å².